The molecule has 0 saturated carbocycles. The first-order chi connectivity index (χ1) is 19.1. The molecule has 2 N–H and O–H groups in total. The highest BCUT2D eigenvalue weighted by Gasteiger charge is 2.29. The molecule has 1 saturated heterocycles. The van der Waals surface area contributed by atoms with E-state index in [-0.39, 0.29) is 41.9 Å². The lowest BCUT2D eigenvalue weighted by atomic mass is 10.1. The van der Waals surface area contributed by atoms with Gasteiger partial charge in [0.25, 0.3) is 5.91 Å². The van der Waals surface area contributed by atoms with Gasteiger partial charge >= 0.3 is 5.97 Å². The molecule has 12 heteroatoms. The number of sulfonamides is 1. The Bertz CT molecular complexity index is 1420. The maximum Gasteiger partial charge on any atom is 0.341 e. The highest BCUT2D eigenvalue weighted by atomic mass is 32.2. The van der Waals surface area contributed by atoms with E-state index in [1.807, 2.05) is 24.8 Å². The molecule has 4 rings (SSSR count). The number of carbonyl (C=O) groups excluding carboxylic acids is 1. The number of benzene rings is 2. The van der Waals surface area contributed by atoms with E-state index >= 15 is 0 Å². The van der Waals surface area contributed by atoms with Gasteiger partial charge in [-0.15, -0.1) is 0 Å². The van der Waals surface area contributed by atoms with Gasteiger partial charge in [0.15, 0.2) is 6.61 Å². The second kappa shape index (κ2) is 12.8. The number of aliphatic carboxylic acids is 1. The number of piperazine rings is 1. The fraction of sp³-hybridized carbons (Fsp3) is 0.321. The van der Waals surface area contributed by atoms with E-state index in [4.69, 9.17) is 14.6 Å². The van der Waals surface area contributed by atoms with Crippen molar-refractivity contribution in [1.29, 1.82) is 0 Å². The van der Waals surface area contributed by atoms with E-state index in [0.717, 1.165) is 0 Å². The third-order valence-electron chi connectivity index (χ3n) is 6.15. The fourth-order valence-electron chi connectivity index (χ4n) is 4.22. The van der Waals surface area contributed by atoms with E-state index < -0.39 is 28.5 Å². The van der Waals surface area contributed by atoms with Crippen LogP contribution >= 0.6 is 0 Å². The second-order valence-corrected chi connectivity index (χ2v) is 11.3. The summed E-state index contributed by atoms with van der Waals surface area (Å²) in [6.07, 6.45) is 1.61. The predicted molar refractivity (Wildman–Crippen MR) is 148 cm³/mol. The van der Waals surface area contributed by atoms with Crippen LogP contribution in [0.25, 0.3) is 0 Å². The first kappa shape index (κ1) is 28.8. The third-order valence-corrected chi connectivity index (χ3v) is 8.07. The van der Waals surface area contributed by atoms with Crippen LogP contribution in [-0.2, 0) is 21.4 Å². The van der Waals surface area contributed by atoms with Crippen molar-refractivity contribution in [3.63, 3.8) is 0 Å². The molecular formula is C28H32N4O7S. The van der Waals surface area contributed by atoms with Gasteiger partial charge in [0.05, 0.1) is 28.8 Å². The highest BCUT2D eigenvalue weighted by molar-refractivity contribution is 7.89. The average molecular weight is 569 g/mol. The zero-order valence-corrected chi connectivity index (χ0v) is 23.1. The molecule has 1 amide bonds. The molecule has 0 radical (unpaired) electrons. The predicted octanol–water partition coefficient (Wildman–Crippen LogP) is 2.77. The van der Waals surface area contributed by atoms with Crippen molar-refractivity contribution in [2.75, 3.05) is 37.7 Å². The van der Waals surface area contributed by atoms with Crippen molar-refractivity contribution in [3.8, 4) is 11.5 Å². The Morgan fingerprint density at radius 3 is 2.38 bits per heavy atom. The summed E-state index contributed by atoms with van der Waals surface area (Å²) < 4.78 is 38.9. The van der Waals surface area contributed by atoms with Gasteiger partial charge in [0.2, 0.25) is 10.0 Å². The monoisotopic (exact) mass is 568 g/mol. The Labute approximate surface area is 233 Å². The average Bonchev–Trinajstić information content (AvgIpc) is 2.95. The highest BCUT2D eigenvalue weighted by Crippen LogP contribution is 2.28. The summed E-state index contributed by atoms with van der Waals surface area (Å²) in [4.78, 5) is 30.4. The van der Waals surface area contributed by atoms with Crippen LogP contribution in [0.15, 0.2) is 71.8 Å². The lowest BCUT2D eigenvalue weighted by Crippen LogP contribution is -2.48. The number of hydrogen-bond acceptors (Lipinski definition) is 8. The number of hydrogen-bond donors (Lipinski definition) is 2. The van der Waals surface area contributed by atoms with Crippen molar-refractivity contribution >= 4 is 27.6 Å². The second-order valence-electron chi connectivity index (χ2n) is 9.40. The van der Waals surface area contributed by atoms with E-state index in [0.29, 0.717) is 30.2 Å². The fourth-order valence-corrected chi connectivity index (χ4v) is 5.64. The van der Waals surface area contributed by atoms with Gasteiger partial charge in [0, 0.05) is 44.1 Å². The smallest absolute Gasteiger partial charge is 0.341 e. The van der Waals surface area contributed by atoms with Crippen LogP contribution in [0.1, 0.15) is 29.9 Å². The summed E-state index contributed by atoms with van der Waals surface area (Å²) in [6, 6.07) is 16.7. The van der Waals surface area contributed by atoms with Gasteiger partial charge in [0.1, 0.15) is 11.5 Å². The number of nitrogens with zero attached hydrogens (tertiary/aromatic N) is 3. The summed E-state index contributed by atoms with van der Waals surface area (Å²) in [7, 11) is -3.68. The van der Waals surface area contributed by atoms with E-state index in [1.54, 1.807) is 60.8 Å². The molecule has 40 heavy (non-hydrogen) atoms. The summed E-state index contributed by atoms with van der Waals surface area (Å²) in [5.41, 5.74) is 1.55. The van der Waals surface area contributed by atoms with Crippen molar-refractivity contribution in [3.05, 3.63) is 78.1 Å². The molecule has 3 aromatic rings. The number of carbonyl (C=O) groups is 2. The lowest BCUT2D eigenvalue weighted by molar-refractivity contribution is -0.139. The quantitative estimate of drug-likeness (QED) is 0.358. The maximum absolute atomic E-state index is 13.2. The molecule has 2 heterocycles. The Morgan fingerprint density at radius 1 is 1.02 bits per heavy atom. The largest absolute Gasteiger partial charge is 0.491 e. The number of rotatable bonds is 11. The zero-order chi connectivity index (χ0) is 28.7. The summed E-state index contributed by atoms with van der Waals surface area (Å²) in [5.74, 6) is -0.878. The van der Waals surface area contributed by atoms with E-state index in [9.17, 15) is 18.0 Å². The van der Waals surface area contributed by atoms with Crippen molar-refractivity contribution in [1.82, 2.24) is 14.6 Å². The minimum Gasteiger partial charge on any atom is -0.491 e. The third kappa shape index (κ3) is 7.27. The van der Waals surface area contributed by atoms with Crippen molar-refractivity contribution in [2.45, 2.75) is 31.4 Å². The molecule has 1 aliphatic heterocycles. The molecule has 2 aromatic carbocycles. The summed E-state index contributed by atoms with van der Waals surface area (Å²) >= 11 is 0. The van der Waals surface area contributed by atoms with Crippen LogP contribution in [0.4, 0.5) is 5.69 Å². The molecule has 0 unspecified atom stereocenters. The van der Waals surface area contributed by atoms with Gasteiger partial charge < -0.3 is 24.8 Å². The molecule has 0 spiro atoms. The first-order valence-electron chi connectivity index (χ1n) is 12.8. The minimum atomic E-state index is -3.68. The molecule has 0 aliphatic carbocycles. The van der Waals surface area contributed by atoms with E-state index in [2.05, 4.69) is 10.3 Å². The molecule has 1 fully saturated rings. The number of amides is 1. The van der Waals surface area contributed by atoms with Crippen molar-refractivity contribution in [2.24, 2.45) is 0 Å². The molecule has 0 atom stereocenters. The van der Waals surface area contributed by atoms with Gasteiger partial charge in [-0.3, -0.25) is 9.78 Å². The number of anilines is 1. The summed E-state index contributed by atoms with van der Waals surface area (Å²) in [6.45, 7) is 4.69. The van der Waals surface area contributed by atoms with Gasteiger partial charge in [-0.05, 0) is 62.4 Å². The minimum absolute atomic E-state index is 0.0133. The Balaban J connectivity index is 1.44. The Kier molecular flexibility index (Phi) is 9.22. The van der Waals surface area contributed by atoms with Gasteiger partial charge in [-0.25, -0.2) is 13.2 Å². The molecule has 1 aliphatic rings. The van der Waals surface area contributed by atoms with Crippen LogP contribution in [0.2, 0.25) is 0 Å². The topological polar surface area (TPSA) is 138 Å². The lowest BCUT2D eigenvalue weighted by Gasteiger charge is -2.35. The van der Waals surface area contributed by atoms with Gasteiger partial charge in [-0.2, -0.15) is 4.31 Å². The zero-order valence-electron chi connectivity index (χ0n) is 22.3. The van der Waals surface area contributed by atoms with Crippen LogP contribution < -0.4 is 19.7 Å². The molecular weight excluding hydrogens is 536 g/mol. The molecule has 0 bridgehead atoms. The van der Waals surface area contributed by atoms with Crippen LogP contribution in [0.5, 0.6) is 11.5 Å². The Morgan fingerprint density at radius 2 is 1.75 bits per heavy atom. The Hall–Kier alpha value is -4.16. The van der Waals surface area contributed by atoms with Crippen LogP contribution in [0, 0.1) is 0 Å². The molecule has 11 nitrogen and oxygen atoms in total. The number of aromatic nitrogens is 1. The SMILES string of the molecule is CC(C)Oc1ccc(S(=O)(=O)N2CCN(c3ccc(C(=O)NCc4ccccn4)c(OCC(=O)O)c3)CC2)cc1. The molecule has 212 valence electrons. The number of carboxylic acid groups (broad SMARTS) is 1. The summed E-state index contributed by atoms with van der Waals surface area (Å²) in [5, 5.41) is 11.9. The van der Waals surface area contributed by atoms with Crippen molar-refractivity contribution < 1.29 is 32.6 Å². The normalized spacial score (nSPS) is 14.1. The number of carboxylic acids is 1. The number of nitrogens with one attached hydrogen (secondary N) is 1. The van der Waals surface area contributed by atoms with Crippen LogP contribution in [0.3, 0.4) is 0 Å². The van der Waals surface area contributed by atoms with Gasteiger partial charge in [-0.1, -0.05) is 6.07 Å². The first-order valence-corrected chi connectivity index (χ1v) is 14.3. The molecule has 1 aromatic heterocycles. The number of ether oxygens (including phenoxy) is 2. The maximum atomic E-state index is 13.2. The number of pyridine rings is 1. The van der Waals surface area contributed by atoms with E-state index in [1.165, 1.54) is 4.31 Å². The standard InChI is InChI=1S/C28H32N4O7S/c1-20(2)39-23-7-9-24(10-8-23)40(36,37)32-15-13-31(14-16-32)22-6-11-25(26(17-22)38-19-27(33)34)28(35)30-18-21-5-3-4-12-29-21/h3-12,17,20H,13-16,18-19H2,1-2H3,(H,30,35)(H,33,34). The van der Waals surface area contributed by atoms with Crippen LogP contribution in [-0.4, -0.2) is 73.6 Å².